The molecule has 0 aliphatic rings. The Morgan fingerprint density at radius 1 is 1.00 bits per heavy atom. The molecule has 2 N–H and O–H groups in total. The van der Waals surface area contributed by atoms with Crippen LogP contribution in [0, 0.1) is 13.8 Å². The topological polar surface area (TPSA) is 87.7 Å². The lowest BCUT2D eigenvalue weighted by molar-refractivity contribution is -0.140. The van der Waals surface area contributed by atoms with Gasteiger partial charge in [0.15, 0.2) is 0 Å². The highest BCUT2D eigenvalue weighted by atomic mass is 16.6. The van der Waals surface area contributed by atoms with Gasteiger partial charge in [-0.25, -0.2) is 4.79 Å². The number of alkyl carbamates (subject to hydrolysis) is 1. The van der Waals surface area contributed by atoms with Crippen LogP contribution in [0.25, 0.3) is 0 Å². The molecule has 0 spiro atoms. The summed E-state index contributed by atoms with van der Waals surface area (Å²) >= 11 is 0. The molecule has 0 saturated heterocycles. The predicted molar refractivity (Wildman–Crippen MR) is 118 cm³/mol. The number of ether oxygens (including phenoxy) is 1. The molecule has 1 unspecified atom stereocenters. The molecule has 3 amide bonds. The van der Waals surface area contributed by atoms with E-state index in [1.807, 2.05) is 59.7 Å². The fourth-order valence-electron chi connectivity index (χ4n) is 3.15. The lowest BCUT2D eigenvalue weighted by Crippen LogP contribution is -2.51. The zero-order valence-corrected chi connectivity index (χ0v) is 19.8. The number of benzene rings is 1. The van der Waals surface area contributed by atoms with Gasteiger partial charge in [-0.1, -0.05) is 29.3 Å². The van der Waals surface area contributed by atoms with E-state index in [0.29, 0.717) is 6.54 Å². The normalized spacial score (nSPS) is 12.7. The number of rotatable bonds is 6. The van der Waals surface area contributed by atoms with Crippen LogP contribution in [0.4, 0.5) is 4.79 Å². The first-order valence-electron chi connectivity index (χ1n) is 10.3. The molecule has 0 bridgehead atoms. The number of aryl methyl sites for hydroxylation is 2. The van der Waals surface area contributed by atoms with Crippen molar-refractivity contribution in [3.63, 3.8) is 0 Å². The molecule has 0 aliphatic carbocycles. The number of hydrogen-bond donors (Lipinski definition) is 2. The quantitative estimate of drug-likeness (QED) is 0.737. The summed E-state index contributed by atoms with van der Waals surface area (Å²) in [5.41, 5.74) is 1.64. The Morgan fingerprint density at radius 3 is 1.97 bits per heavy atom. The summed E-state index contributed by atoms with van der Waals surface area (Å²) in [7, 11) is 0. The average Bonchev–Trinajstić information content (AvgIpc) is 2.53. The zero-order chi connectivity index (χ0) is 23.3. The van der Waals surface area contributed by atoms with Crippen LogP contribution in [0.3, 0.4) is 0 Å². The first-order chi connectivity index (χ1) is 13.6. The fourth-order valence-corrected chi connectivity index (χ4v) is 3.15. The maximum atomic E-state index is 13.2. The van der Waals surface area contributed by atoms with Gasteiger partial charge < -0.3 is 20.3 Å². The van der Waals surface area contributed by atoms with Gasteiger partial charge in [-0.2, -0.15) is 0 Å². The van der Waals surface area contributed by atoms with Gasteiger partial charge in [0.05, 0.1) is 0 Å². The van der Waals surface area contributed by atoms with Crippen molar-refractivity contribution in [2.24, 2.45) is 0 Å². The van der Waals surface area contributed by atoms with E-state index in [0.717, 1.165) is 16.7 Å². The maximum Gasteiger partial charge on any atom is 0.408 e. The highest BCUT2D eigenvalue weighted by Gasteiger charge is 2.32. The molecule has 0 saturated carbocycles. The van der Waals surface area contributed by atoms with Gasteiger partial charge in [-0.3, -0.25) is 9.59 Å². The highest BCUT2D eigenvalue weighted by molar-refractivity contribution is 5.90. The molecule has 7 nitrogen and oxygen atoms in total. The molecule has 0 heterocycles. The van der Waals surface area contributed by atoms with E-state index in [2.05, 4.69) is 10.6 Å². The first kappa shape index (κ1) is 25.5. The molecule has 0 fully saturated rings. The van der Waals surface area contributed by atoms with Crippen molar-refractivity contribution in [1.29, 1.82) is 0 Å². The lowest BCUT2D eigenvalue weighted by Gasteiger charge is -2.33. The summed E-state index contributed by atoms with van der Waals surface area (Å²) in [5.74, 6) is -0.628. The number of nitrogens with zero attached hydrogens (tertiary/aromatic N) is 1. The molecule has 0 aliphatic heterocycles. The molecule has 1 aromatic carbocycles. The molecule has 0 aromatic heterocycles. The zero-order valence-electron chi connectivity index (χ0n) is 19.8. The van der Waals surface area contributed by atoms with Crippen molar-refractivity contribution in [2.45, 2.75) is 79.5 Å². The number of carbonyl (C=O) groups is 3. The second-order valence-electron chi connectivity index (χ2n) is 9.60. The van der Waals surface area contributed by atoms with Crippen molar-refractivity contribution in [3.8, 4) is 0 Å². The second-order valence-corrected chi connectivity index (χ2v) is 9.60. The largest absolute Gasteiger partial charge is 0.444 e. The second kappa shape index (κ2) is 9.96. The van der Waals surface area contributed by atoms with Crippen molar-refractivity contribution < 1.29 is 19.1 Å². The Kier molecular flexibility index (Phi) is 8.45. The summed E-state index contributed by atoms with van der Waals surface area (Å²) in [6, 6.07) is 5.04. The SMILES string of the molecule is CCN(C(=O)CNC(=O)OC(C)(C)C)C(C(=O)NC(C)(C)C)c1cc(C)cc(C)c1. The molecule has 0 radical (unpaired) electrons. The third-order valence-electron chi connectivity index (χ3n) is 4.06. The Bertz CT molecular complexity index is 755. The molecular formula is C23H37N3O4. The monoisotopic (exact) mass is 419 g/mol. The van der Waals surface area contributed by atoms with Crippen LogP contribution in [0.5, 0.6) is 0 Å². The molecule has 168 valence electrons. The summed E-state index contributed by atoms with van der Waals surface area (Å²) in [6.07, 6.45) is -0.672. The Balaban J connectivity index is 3.17. The fraction of sp³-hybridized carbons (Fsp3) is 0.609. The van der Waals surface area contributed by atoms with Crippen molar-refractivity contribution in [1.82, 2.24) is 15.5 Å². The van der Waals surface area contributed by atoms with Gasteiger partial charge in [0.25, 0.3) is 0 Å². The van der Waals surface area contributed by atoms with E-state index in [4.69, 9.17) is 4.74 Å². The number of amides is 3. The van der Waals surface area contributed by atoms with Crippen LogP contribution in [-0.2, 0) is 14.3 Å². The highest BCUT2D eigenvalue weighted by Crippen LogP contribution is 2.25. The van der Waals surface area contributed by atoms with Gasteiger partial charge in [-0.05, 0) is 67.9 Å². The van der Waals surface area contributed by atoms with Crippen LogP contribution in [0.15, 0.2) is 18.2 Å². The van der Waals surface area contributed by atoms with E-state index >= 15 is 0 Å². The van der Waals surface area contributed by atoms with Crippen LogP contribution in [-0.4, -0.2) is 47.0 Å². The minimum atomic E-state index is -0.805. The number of likely N-dealkylation sites (N-methyl/N-ethyl adjacent to an activating group) is 1. The number of nitrogens with one attached hydrogen (secondary N) is 2. The molecule has 1 aromatic rings. The third-order valence-corrected chi connectivity index (χ3v) is 4.06. The van der Waals surface area contributed by atoms with Gasteiger partial charge >= 0.3 is 6.09 Å². The third kappa shape index (κ3) is 8.43. The van der Waals surface area contributed by atoms with Crippen molar-refractivity contribution in [3.05, 3.63) is 34.9 Å². The van der Waals surface area contributed by atoms with Crippen molar-refractivity contribution in [2.75, 3.05) is 13.1 Å². The van der Waals surface area contributed by atoms with Gasteiger partial charge in [0.2, 0.25) is 11.8 Å². The minimum Gasteiger partial charge on any atom is -0.444 e. The smallest absolute Gasteiger partial charge is 0.408 e. The van der Waals surface area contributed by atoms with Crippen LogP contribution in [0.2, 0.25) is 0 Å². The molecule has 1 atom stereocenters. The Morgan fingerprint density at radius 2 is 1.53 bits per heavy atom. The van der Waals surface area contributed by atoms with Crippen LogP contribution >= 0.6 is 0 Å². The average molecular weight is 420 g/mol. The summed E-state index contributed by atoms with van der Waals surface area (Å²) in [4.78, 5) is 39.6. The summed E-state index contributed by atoms with van der Waals surface area (Å²) in [6.45, 7) is 16.7. The van der Waals surface area contributed by atoms with E-state index in [-0.39, 0.29) is 18.4 Å². The molecule has 1 rings (SSSR count). The summed E-state index contributed by atoms with van der Waals surface area (Å²) in [5, 5.41) is 5.46. The first-order valence-corrected chi connectivity index (χ1v) is 10.3. The number of hydrogen-bond acceptors (Lipinski definition) is 4. The van der Waals surface area contributed by atoms with Gasteiger partial charge in [-0.15, -0.1) is 0 Å². The van der Waals surface area contributed by atoms with Gasteiger partial charge in [0.1, 0.15) is 18.2 Å². The van der Waals surface area contributed by atoms with E-state index in [1.54, 1.807) is 20.8 Å². The standard InChI is InChI=1S/C23H37N3O4/c1-10-26(18(27)14-24-21(29)30-23(7,8)9)19(20(28)25-22(4,5)6)17-12-15(2)11-16(3)13-17/h11-13,19H,10,14H2,1-9H3,(H,24,29)(H,25,28). The van der Waals surface area contributed by atoms with E-state index in [1.165, 1.54) is 4.90 Å². The molecule has 7 heteroatoms. The molecular weight excluding hydrogens is 382 g/mol. The minimum absolute atomic E-state index is 0.257. The number of carbonyl (C=O) groups excluding carboxylic acids is 3. The van der Waals surface area contributed by atoms with Crippen LogP contribution < -0.4 is 10.6 Å². The molecule has 30 heavy (non-hydrogen) atoms. The predicted octanol–water partition coefficient (Wildman–Crippen LogP) is 3.63. The van der Waals surface area contributed by atoms with Crippen LogP contribution in [0.1, 0.15) is 71.2 Å². The maximum absolute atomic E-state index is 13.2. The lowest BCUT2D eigenvalue weighted by atomic mass is 9.98. The summed E-state index contributed by atoms with van der Waals surface area (Å²) < 4.78 is 5.19. The van der Waals surface area contributed by atoms with E-state index < -0.39 is 23.3 Å². The van der Waals surface area contributed by atoms with E-state index in [9.17, 15) is 14.4 Å². The van der Waals surface area contributed by atoms with Gasteiger partial charge in [0, 0.05) is 12.1 Å². The Hall–Kier alpha value is -2.57. The Labute approximate surface area is 180 Å². The van der Waals surface area contributed by atoms with Crippen molar-refractivity contribution >= 4 is 17.9 Å².